The molecule has 3 N–H and O–H groups in total. The van der Waals surface area contributed by atoms with E-state index in [-0.39, 0.29) is 23.4 Å². The summed E-state index contributed by atoms with van der Waals surface area (Å²) in [7, 11) is 0. The fraction of sp³-hybridized carbons (Fsp3) is 0.385. The van der Waals surface area contributed by atoms with Crippen LogP contribution in [0.2, 0.25) is 0 Å². The van der Waals surface area contributed by atoms with Gasteiger partial charge in [-0.15, -0.1) is 0 Å². The fourth-order valence-corrected chi connectivity index (χ4v) is 2.21. The zero-order chi connectivity index (χ0) is 15.0. The molecule has 0 spiro atoms. The average molecular weight is 290 g/mol. The molecule has 0 aliphatic heterocycles. The Morgan fingerprint density at radius 2 is 2.29 bits per heavy atom. The van der Waals surface area contributed by atoms with Crippen LogP contribution in [0.5, 0.6) is 0 Å². The number of benzene rings is 1. The number of aromatic amines is 1. The molecule has 1 saturated carbocycles. The number of nitrogens with zero attached hydrogens (tertiary/aromatic N) is 2. The summed E-state index contributed by atoms with van der Waals surface area (Å²) in [6.07, 6.45) is 1.77. The number of carbonyl (C=O) groups is 1. The first-order valence-electron chi connectivity index (χ1n) is 6.56. The van der Waals surface area contributed by atoms with Crippen molar-refractivity contribution in [2.45, 2.75) is 12.8 Å². The molecule has 21 heavy (non-hydrogen) atoms. The second-order valence-corrected chi connectivity index (χ2v) is 5.40. The molecule has 1 fully saturated rings. The molecule has 0 bridgehead atoms. The number of H-pyrrole nitrogens is 1. The summed E-state index contributed by atoms with van der Waals surface area (Å²) in [5.41, 5.74) is 0.400. The third kappa shape index (κ3) is 2.45. The van der Waals surface area contributed by atoms with Crippen molar-refractivity contribution < 1.29 is 14.8 Å². The largest absolute Gasteiger partial charge is 0.396 e. The van der Waals surface area contributed by atoms with E-state index in [0.29, 0.717) is 17.4 Å². The Morgan fingerprint density at radius 3 is 2.90 bits per heavy atom. The number of amides is 1. The van der Waals surface area contributed by atoms with Crippen LogP contribution in [-0.4, -0.2) is 39.3 Å². The van der Waals surface area contributed by atoms with Crippen molar-refractivity contribution in [3.05, 3.63) is 34.0 Å². The quantitative estimate of drug-likeness (QED) is 0.559. The number of aliphatic hydroxyl groups excluding tert-OH is 1. The van der Waals surface area contributed by atoms with E-state index in [1.54, 1.807) is 0 Å². The van der Waals surface area contributed by atoms with Gasteiger partial charge in [-0.25, -0.2) is 0 Å². The van der Waals surface area contributed by atoms with Crippen molar-refractivity contribution in [3.63, 3.8) is 0 Å². The lowest BCUT2D eigenvalue weighted by atomic mass is 10.1. The smallest absolute Gasteiger partial charge is 0.272 e. The summed E-state index contributed by atoms with van der Waals surface area (Å²) in [5, 5.41) is 29.8. The Labute approximate surface area is 119 Å². The monoisotopic (exact) mass is 290 g/mol. The van der Waals surface area contributed by atoms with Crippen LogP contribution in [0, 0.1) is 15.5 Å². The Hall–Kier alpha value is -2.48. The number of hydrogen-bond donors (Lipinski definition) is 3. The van der Waals surface area contributed by atoms with E-state index in [9.17, 15) is 20.0 Å². The molecule has 8 nitrogen and oxygen atoms in total. The van der Waals surface area contributed by atoms with Crippen LogP contribution in [0.3, 0.4) is 0 Å². The lowest BCUT2D eigenvalue weighted by Crippen LogP contribution is -2.32. The first-order chi connectivity index (χ1) is 10.0. The topological polar surface area (TPSA) is 121 Å². The highest BCUT2D eigenvalue weighted by molar-refractivity contribution is 6.05. The third-order valence-electron chi connectivity index (χ3n) is 3.89. The van der Waals surface area contributed by atoms with Gasteiger partial charge in [-0.2, -0.15) is 5.10 Å². The van der Waals surface area contributed by atoms with E-state index < -0.39 is 10.8 Å². The summed E-state index contributed by atoms with van der Waals surface area (Å²) in [5.74, 6) is -0.401. The first-order valence-corrected chi connectivity index (χ1v) is 6.56. The van der Waals surface area contributed by atoms with Gasteiger partial charge < -0.3 is 10.4 Å². The standard InChI is InChI=1S/C13H14N4O4/c18-7-13(3-4-13)6-14-12(19)11-9-5-8(17(20)21)1-2-10(9)15-16-11/h1-2,5,18H,3-4,6-7H2,(H,14,19)(H,15,16). The molecule has 3 rings (SSSR count). The second-order valence-electron chi connectivity index (χ2n) is 5.40. The van der Waals surface area contributed by atoms with E-state index in [1.807, 2.05) is 0 Å². The number of nitrogens with one attached hydrogen (secondary N) is 2. The molecular formula is C13H14N4O4. The summed E-state index contributed by atoms with van der Waals surface area (Å²) < 4.78 is 0. The van der Waals surface area contributed by atoms with Gasteiger partial charge in [0.05, 0.1) is 17.0 Å². The van der Waals surface area contributed by atoms with Gasteiger partial charge in [0.1, 0.15) is 0 Å². The van der Waals surface area contributed by atoms with Crippen molar-refractivity contribution >= 4 is 22.5 Å². The van der Waals surface area contributed by atoms with Gasteiger partial charge in [-0.1, -0.05) is 0 Å². The molecule has 1 aromatic heterocycles. The van der Waals surface area contributed by atoms with Crippen LogP contribution in [0.25, 0.3) is 10.9 Å². The van der Waals surface area contributed by atoms with Crippen molar-refractivity contribution in [3.8, 4) is 0 Å². The van der Waals surface area contributed by atoms with Gasteiger partial charge in [0.25, 0.3) is 11.6 Å². The van der Waals surface area contributed by atoms with Crippen LogP contribution >= 0.6 is 0 Å². The molecule has 2 aromatic rings. The predicted molar refractivity (Wildman–Crippen MR) is 73.8 cm³/mol. The van der Waals surface area contributed by atoms with Crippen LogP contribution < -0.4 is 5.32 Å². The maximum atomic E-state index is 12.1. The maximum absolute atomic E-state index is 12.1. The van der Waals surface area contributed by atoms with Crippen molar-refractivity contribution in [1.29, 1.82) is 0 Å². The summed E-state index contributed by atoms with van der Waals surface area (Å²) in [6, 6.07) is 4.20. The summed E-state index contributed by atoms with van der Waals surface area (Å²) >= 11 is 0. The normalized spacial score (nSPS) is 15.9. The molecule has 1 amide bonds. The SMILES string of the molecule is O=C(NCC1(CO)CC1)c1n[nH]c2ccc([N+](=O)[O-])cc12. The molecule has 0 radical (unpaired) electrons. The number of non-ortho nitro benzene ring substituents is 1. The lowest BCUT2D eigenvalue weighted by molar-refractivity contribution is -0.384. The molecule has 1 aromatic carbocycles. The predicted octanol–water partition coefficient (Wildman–Crippen LogP) is 0.973. The van der Waals surface area contributed by atoms with E-state index >= 15 is 0 Å². The highest BCUT2D eigenvalue weighted by Crippen LogP contribution is 2.44. The summed E-state index contributed by atoms with van der Waals surface area (Å²) in [6.45, 7) is 0.422. The van der Waals surface area contributed by atoms with Gasteiger partial charge in [-0.05, 0) is 18.9 Å². The Balaban J connectivity index is 1.84. The molecule has 1 heterocycles. The van der Waals surface area contributed by atoms with Crippen LogP contribution in [0.4, 0.5) is 5.69 Å². The molecule has 110 valence electrons. The first kappa shape index (κ1) is 13.5. The van der Waals surface area contributed by atoms with Crippen molar-refractivity contribution in [1.82, 2.24) is 15.5 Å². The number of carbonyl (C=O) groups excluding carboxylic acids is 1. The number of aliphatic hydroxyl groups is 1. The van der Waals surface area contributed by atoms with Crippen LogP contribution in [-0.2, 0) is 0 Å². The molecule has 0 atom stereocenters. The average Bonchev–Trinajstić information content (AvgIpc) is 3.15. The lowest BCUT2D eigenvalue weighted by Gasteiger charge is -2.11. The van der Waals surface area contributed by atoms with E-state index in [1.165, 1.54) is 18.2 Å². The minimum absolute atomic E-state index is 0.0417. The minimum atomic E-state index is -0.515. The molecule has 1 aliphatic carbocycles. The number of nitro benzene ring substituents is 1. The Kier molecular flexibility index (Phi) is 3.09. The number of nitro groups is 1. The molecule has 0 saturated heterocycles. The Bertz CT molecular complexity index is 720. The number of hydrogen-bond acceptors (Lipinski definition) is 5. The molecular weight excluding hydrogens is 276 g/mol. The highest BCUT2D eigenvalue weighted by atomic mass is 16.6. The zero-order valence-electron chi connectivity index (χ0n) is 11.1. The van der Waals surface area contributed by atoms with Crippen molar-refractivity contribution in [2.24, 2.45) is 5.41 Å². The van der Waals surface area contributed by atoms with Crippen LogP contribution in [0.15, 0.2) is 18.2 Å². The molecule has 8 heteroatoms. The third-order valence-corrected chi connectivity index (χ3v) is 3.89. The van der Waals surface area contributed by atoms with E-state index in [0.717, 1.165) is 12.8 Å². The molecule has 1 aliphatic rings. The second kappa shape index (κ2) is 4.81. The highest BCUT2D eigenvalue weighted by Gasteiger charge is 2.42. The fourth-order valence-electron chi connectivity index (χ4n) is 2.21. The minimum Gasteiger partial charge on any atom is -0.396 e. The summed E-state index contributed by atoms with van der Waals surface area (Å²) in [4.78, 5) is 22.4. The van der Waals surface area contributed by atoms with Gasteiger partial charge in [0.2, 0.25) is 0 Å². The van der Waals surface area contributed by atoms with Gasteiger partial charge in [-0.3, -0.25) is 20.0 Å². The van der Waals surface area contributed by atoms with Crippen LogP contribution in [0.1, 0.15) is 23.3 Å². The molecule has 0 unspecified atom stereocenters. The Morgan fingerprint density at radius 1 is 1.52 bits per heavy atom. The number of aromatic nitrogens is 2. The van der Waals surface area contributed by atoms with Crippen molar-refractivity contribution in [2.75, 3.05) is 13.2 Å². The van der Waals surface area contributed by atoms with E-state index in [4.69, 9.17) is 0 Å². The van der Waals surface area contributed by atoms with Gasteiger partial charge >= 0.3 is 0 Å². The zero-order valence-corrected chi connectivity index (χ0v) is 11.1. The maximum Gasteiger partial charge on any atom is 0.272 e. The van der Waals surface area contributed by atoms with Gasteiger partial charge in [0, 0.05) is 29.5 Å². The van der Waals surface area contributed by atoms with E-state index in [2.05, 4.69) is 15.5 Å². The number of fused-ring (bicyclic) bond motifs is 1. The number of rotatable bonds is 5. The van der Waals surface area contributed by atoms with Gasteiger partial charge in [0.15, 0.2) is 5.69 Å².